The van der Waals surface area contributed by atoms with Gasteiger partial charge in [0.1, 0.15) is 6.33 Å². The first-order valence-electron chi connectivity index (χ1n) is 9.97. The highest BCUT2D eigenvalue weighted by Gasteiger charge is 2.18. The third-order valence-electron chi connectivity index (χ3n) is 4.95. The molecule has 5 nitrogen and oxygen atoms in total. The number of rotatable bonds is 6. The molecule has 0 aliphatic rings. The van der Waals surface area contributed by atoms with Crippen LogP contribution in [-0.2, 0) is 6.54 Å². The summed E-state index contributed by atoms with van der Waals surface area (Å²) in [6.45, 7) is 2.19. The zero-order chi connectivity index (χ0) is 21.6. The Bertz CT molecular complexity index is 1220. The molecule has 1 aromatic heterocycles. The molecular weight excluding hydrogens is 386 g/mol. The highest BCUT2D eigenvalue weighted by atomic mass is 16.2. The fourth-order valence-electron chi connectivity index (χ4n) is 3.27. The molecule has 152 valence electrons. The zero-order valence-corrected chi connectivity index (χ0v) is 17.1. The van der Waals surface area contributed by atoms with Gasteiger partial charge in [-0.15, -0.1) is 0 Å². The Balaban J connectivity index is 1.51. The van der Waals surface area contributed by atoms with Gasteiger partial charge in [-0.25, -0.2) is 9.97 Å². The van der Waals surface area contributed by atoms with Crippen LogP contribution in [0.15, 0.2) is 91.3 Å². The number of hydrogen-bond acceptors (Lipinski definition) is 4. The van der Waals surface area contributed by atoms with E-state index < -0.39 is 0 Å². The SMILES string of the molecule is Cc1ccc(C(=O)c2ccccc2C(=O)NCc2cc(-c3ccccc3)ncn2)cc1. The van der Waals surface area contributed by atoms with E-state index in [2.05, 4.69) is 15.3 Å². The minimum Gasteiger partial charge on any atom is -0.346 e. The second kappa shape index (κ2) is 9.13. The molecule has 0 aliphatic carbocycles. The van der Waals surface area contributed by atoms with Gasteiger partial charge >= 0.3 is 0 Å². The first-order chi connectivity index (χ1) is 15.1. The zero-order valence-electron chi connectivity index (χ0n) is 17.1. The predicted molar refractivity (Wildman–Crippen MR) is 120 cm³/mol. The van der Waals surface area contributed by atoms with Crippen LogP contribution in [0.4, 0.5) is 0 Å². The monoisotopic (exact) mass is 407 g/mol. The van der Waals surface area contributed by atoms with E-state index in [0.717, 1.165) is 16.8 Å². The number of nitrogens with one attached hydrogen (secondary N) is 1. The van der Waals surface area contributed by atoms with Crippen molar-refractivity contribution in [2.45, 2.75) is 13.5 Å². The third-order valence-corrected chi connectivity index (χ3v) is 4.95. The van der Waals surface area contributed by atoms with Crippen LogP contribution in [0.25, 0.3) is 11.3 Å². The van der Waals surface area contributed by atoms with Crippen LogP contribution in [0.5, 0.6) is 0 Å². The quantitative estimate of drug-likeness (QED) is 0.474. The average molecular weight is 407 g/mol. The number of nitrogens with zero attached hydrogens (tertiary/aromatic N) is 2. The molecule has 0 atom stereocenters. The van der Waals surface area contributed by atoms with Gasteiger partial charge in [-0.2, -0.15) is 0 Å². The number of ketones is 1. The van der Waals surface area contributed by atoms with Crippen molar-refractivity contribution >= 4 is 11.7 Å². The molecule has 5 heteroatoms. The van der Waals surface area contributed by atoms with Gasteiger partial charge in [0.15, 0.2) is 5.78 Å². The van der Waals surface area contributed by atoms with E-state index in [1.165, 1.54) is 6.33 Å². The number of benzene rings is 3. The Morgan fingerprint density at radius 1 is 0.806 bits per heavy atom. The Labute approximate surface area is 180 Å². The van der Waals surface area contributed by atoms with Crippen molar-refractivity contribution in [3.63, 3.8) is 0 Å². The summed E-state index contributed by atoms with van der Waals surface area (Å²) in [5, 5.41) is 2.87. The lowest BCUT2D eigenvalue weighted by molar-refractivity contribution is 0.0939. The van der Waals surface area contributed by atoms with E-state index in [-0.39, 0.29) is 18.2 Å². The Hall–Kier alpha value is -4.12. The fraction of sp³-hybridized carbons (Fsp3) is 0.0769. The second-order valence-corrected chi connectivity index (χ2v) is 7.18. The molecule has 0 spiro atoms. The summed E-state index contributed by atoms with van der Waals surface area (Å²) >= 11 is 0. The summed E-state index contributed by atoms with van der Waals surface area (Å²) in [5.41, 5.74) is 4.78. The number of hydrogen-bond donors (Lipinski definition) is 1. The highest BCUT2D eigenvalue weighted by molar-refractivity contribution is 6.15. The molecule has 0 unspecified atom stereocenters. The summed E-state index contributed by atoms with van der Waals surface area (Å²) in [4.78, 5) is 34.4. The molecule has 0 saturated carbocycles. The molecule has 0 bridgehead atoms. The lowest BCUT2D eigenvalue weighted by Gasteiger charge is -2.10. The molecule has 4 rings (SSSR count). The fourth-order valence-corrected chi connectivity index (χ4v) is 3.27. The van der Waals surface area contributed by atoms with Gasteiger partial charge in [-0.05, 0) is 19.1 Å². The van der Waals surface area contributed by atoms with Crippen LogP contribution in [0, 0.1) is 6.92 Å². The van der Waals surface area contributed by atoms with E-state index in [9.17, 15) is 9.59 Å². The first kappa shape index (κ1) is 20.2. The molecule has 0 radical (unpaired) electrons. The summed E-state index contributed by atoms with van der Waals surface area (Å²) in [6.07, 6.45) is 1.48. The molecule has 1 amide bonds. The maximum Gasteiger partial charge on any atom is 0.252 e. The molecular formula is C26H21N3O2. The normalized spacial score (nSPS) is 10.5. The maximum absolute atomic E-state index is 13.0. The Kier molecular flexibility index (Phi) is 5.94. The molecule has 0 aliphatic heterocycles. The van der Waals surface area contributed by atoms with Gasteiger partial charge in [0.2, 0.25) is 0 Å². The van der Waals surface area contributed by atoms with Crippen molar-refractivity contribution in [3.8, 4) is 11.3 Å². The Morgan fingerprint density at radius 3 is 2.23 bits per heavy atom. The van der Waals surface area contributed by atoms with Crippen molar-refractivity contribution in [3.05, 3.63) is 119 Å². The number of amides is 1. The van der Waals surface area contributed by atoms with Crippen molar-refractivity contribution in [2.24, 2.45) is 0 Å². The highest BCUT2D eigenvalue weighted by Crippen LogP contribution is 2.17. The van der Waals surface area contributed by atoms with Gasteiger partial charge in [0.05, 0.1) is 23.5 Å². The van der Waals surface area contributed by atoms with Gasteiger partial charge < -0.3 is 5.32 Å². The number of aryl methyl sites for hydroxylation is 1. The lowest BCUT2D eigenvalue weighted by atomic mass is 9.97. The van der Waals surface area contributed by atoms with E-state index in [1.807, 2.05) is 55.5 Å². The molecule has 31 heavy (non-hydrogen) atoms. The topological polar surface area (TPSA) is 72.0 Å². The molecule has 0 fully saturated rings. The molecule has 1 N–H and O–H groups in total. The van der Waals surface area contributed by atoms with Crippen LogP contribution in [0.1, 0.15) is 37.5 Å². The maximum atomic E-state index is 13.0. The summed E-state index contributed by atoms with van der Waals surface area (Å²) in [5.74, 6) is -0.505. The van der Waals surface area contributed by atoms with Gasteiger partial charge in [0.25, 0.3) is 5.91 Å². The van der Waals surface area contributed by atoms with Crippen LogP contribution in [0.2, 0.25) is 0 Å². The van der Waals surface area contributed by atoms with Crippen LogP contribution in [-0.4, -0.2) is 21.7 Å². The van der Waals surface area contributed by atoms with Crippen LogP contribution >= 0.6 is 0 Å². The largest absolute Gasteiger partial charge is 0.346 e. The Morgan fingerprint density at radius 2 is 1.48 bits per heavy atom. The van der Waals surface area contributed by atoms with Crippen molar-refractivity contribution in [2.75, 3.05) is 0 Å². The van der Waals surface area contributed by atoms with Crippen molar-refractivity contribution in [1.82, 2.24) is 15.3 Å². The lowest BCUT2D eigenvalue weighted by Crippen LogP contribution is -2.25. The number of aromatic nitrogens is 2. The second-order valence-electron chi connectivity index (χ2n) is 7.18. The van der Waals surface area contributed by atoms with E-state index in [4.69, 9.17) is 0 Å². The summed E-state index contributed by atoms with van der Waals surface area (Å²) in [6, 6.07) is 25.8. The first-order valence-corrected chi connectivity index (χ1v) is 9.97. The minimum absolute atomic E-state index is 0.181. The standard InChI is InChI=1S/C26H21N3O2/c1-18-11-13-20(14-12-18)25(30)22-9-5-6-10-23(22)26(31)27-16-21-15-24(29-17-28-21)19-7-3-2-4-8-19/h2-15,17H,16H2,1H3,(H,27,31). The number of carbonyl (C=O) groups excluding carboxylic acids is 2. The van der Waals surface area contributed by atoms with Crippen molar-refractivity contribution in [1.29, 1.82) is 0 Å². The molecule has 3 aromatic carbocycles. The van der Waals surface area contributed by atoms with Gasteiger partial charge in [-0.1, -0.05) is 78.4 Å². The smallest absolute Gasteiger partial charge is 0.252 e. The van der Waals surface area contributed by atoms with Crippen LogP contribution < -0.4 is 5.32 Å². The number of carbonyl (C=O) groups is 2. The van der Waals surface area contributed by atoms with Crippen LogP contribution in [0.3, 0.4) is 0 Å². The molecule has 1 heterocycles. The third kappa shape index (κ3) is 4.73. The minimum atomic E-state index is -0.323. The van der Waals surface area contributed by atoms with E-state index in [1.54, 1.807) is 36.4 Å². The van der Waals surface area contributed by atoms with Gasteiger partial charge in [-0.3, -0.25) is 9.59 Å². The molecule has 4 aromatic rings. The summed E-state index contributed by atoms with van der Waals surface area (Å²) in [7, 11) is 0. The predicted octanol–water partition coefficient (Wildman–Crippen LogP) is 4.61. The van der Waals surface area contributed by atoms with E-state index in [0.29, 0.717) is 22.4 Å². The van der Waals surface area contributed by atoms with Crippen molar-refractivity contribution < 1.29 is 9.59 Å². The van der Waals surface area contributed by atoms with Gasteiger partial charge in [0, 0.05) is 16.7 Å². The van der Waals surface area contributed by atoms with E-state index >= 15 is 0 Å². The average Bonchev–Trinajstić information content (AvgIpc) is 2.83. The summed E-state index contributed by atoms with van der Waals surface area (Å²) < 4.78 is 0. The molecule has 0 saturated heterocycles.